The third-order valence-electron chi connectivity index (χ3n) is 2.79. The third kappa shape index (κ3) is 2.33. The number of rotatable bonds is 4. The molecule has 0 aliphatic heterocycles. The second-order valence-corrected chi connectivity index (χ2v) is 4.96. The van der Waals surface area contributed by atoms with Gasteiger partial charge in [0.25, 0.3) is 0 Å². The molecule has 1 N–H and O–H groups in total. The van der Waals surface area contributed by atoms with Crippen molar-refractivity contribution in [1.82, 2.24) is 9.97 Å². The van der Waals surface area contributed by atoms with Gasteiger partial charge in [0, 0.05) is 41.8 Å². The maximum Gasteiger partial charge on any atom is 0.0942 e. The average Bonchev–Trinajstić information content (AvgIpc) is 2.92. The summed E-state index contributed by atoms with van der Waals surface area (Å²) in [5.74, 6) is 0. The van der Waals surface area contributed by atoms with Crippen LogP contribution < -0.4 is 5.32 Å². The predicted octanol–water partition coefficient (Wildman–Crippen LogP) is 3.35. The maximum absolute atomic E-state index is 4.35. The highest BCUT2D eigenvalue weighted by Crippen LogP contribution is 2.20. The Hall–Kier alpha value is -1.94. The number of aromatic nitrogens is 2. The first-order chi connectivity index (χ1) is 8.93. The van der Waals surface area contributed by atoms with E-state index in [1.54, 1.807) is 11.3 Å². The van der Waals surface area contributed by atoms with Gasteiger partial charge >= 0.3 is 0 Å². The van der Waals surface area contributed by atoms with Gasteiger partial charge in [-0.1, -0.05) is 18.2 Å². The molecule has 0 spiro atoms. The van der Waals surface area contributed by atoms with Crippen molar-refractivity contribution in [1.29, 1.82) is 0 Å². The van der Waals surface area contributed by atoms with E-state index < -0.39 is 0 Å². The summed E-state index contributed by atoms with van der Waals surface area (Å²) in [7, 11) is 0. The van der Waals surface area contributed by atoms with Crippen molar-refractivity contribution < 1.29 is 0 Å². The van der Waals surface area contributed by atoms with Crippen LogP contribution in [-0.4, -0.2) is 16.5 Å². The largest absolute Gasteiger partial charge is 0.384 e. The fourth-order valence-corrected chi connectivity index (χ4v) is 2.55. The number of hydrogen-bond donors (Lipinski definition) is 1. The van der Waals surface area contributed by atoms with E-state index in [1.807, 2.05) is 42.0 Å². The molecule has 18 heavy (non-hydrogen) atoms. The summed E-state index contributed by atoms with van der Waals surface area (Å²) in [6.45, 7) is 0.890. The molecule has 0 radical (unpaired) electrons. The normalized spacial score (nSPS) is 10.7. The summed E-state index contributed by atoms with van der Waals surface area (Å²) in [5, 5.41) is 7.80. The first kappa shape index (κ1) is 11.2. The average molecular weight is 255 g/mol. The molecule has 90 valence electrons. The fourth-order valence-electron chi connectivity index (χ4n) is 1.93. The molecule has 0 saturated carbocycles. The van der Waals surface area contributed by atoms with Crippen LogP contribution in [0.15, 0.2) is 48.1 Å². The van der Waals surface area contributed by atoms with Gasteiger partial charge in [-0.05, 0) is 12.1 Å². The molecule has 0 bridgehead atoms. The highest BCUT2D eigenvalue weighted by molar-refractivity contribution is 7.09. The van der Waals surface area contributed by atoms with Gasteiger partial charge in [-0.2, -0.15) is 0 Å². The van der Waals surface area contributed by atoms with E-state index in [0.29, 0.717) is 0 Å². The van der Waals surface area contributed by atoms with Crippen molar-refractivity contribution in [3.8, 4) is 0 Å². The minimum absolute atomic E-state index is 0.890. The summed E-state index contributed by atoms with van der Waals surface area (Å²) < 4.78 is 0. The van der Waals surface area contributed by atoms with Gasteiger partial charge < -0.3 is 5.32 Å². The second-order valence-electron chi connectivity index (χ2n) is 3.98. The lowest BCUT2D eigenvalue weighted by Crippen LogP contribution is -2.05. The van der Waals surface area contributed by atoms with Crippen LogP contribution in [0.3, 0.4) is 0 Å². The molecule has 0 aliphatic carbocycles. The number of nitrogens with one attached hydrogen (secondary N) is 1. The number of para-hydroxylation sites is 1. The maximum atomic E-state index is 4.35. The number of benzene rings is 1. The Morgan fingerprint density at radius 3 is 2.89 bits per heavy atom. The number of hydrogen-bond acceptors (Lipinski definition) is 4. The Bertz CT molecular complexity index is 629. The lowest BCUT2D eigenvalue weighted by atomic mass is 10.2. The minimum atomic E-state index is 0.890. The number of anilines is 1. The topological polar surface area (TPSA) is 37.8 Å². The van der Waals surface area contributed by atoms with E-state index in [4.69, 9.17) is 0 Å². The molecule has 1 aromatic carbocycles. The number of pyridine rings is 1. The summed E-state index contributed by atoms with van der Waals surface area (Å²) in [6.07, 6.45) is 4.64. The van der Waals surface area contributed by atoms with Crippen LogP contribution in [0.5, 0.6) is 0 Å². The third-order valence-corrected chi connectivity index (χ3v) is 3.63. The Morgan fingerprint density at radius 1 is 1.06 bits per heavy atom. The number of fused-ring (bicyclic) bond motifs is 1. The lowest BCUT2D eigenvalue weighted by Gasteiger charge is -2.08. The van der Waals surface area contributed by atoms with Crippen LogP contribution in [0.25, 0.3) is 10.9 Å². The Kier molecular flexibility index (Phi) is 3.19. The molecular formula is C14H13N3S. The van der Waals surface area contributed by atoms with Crippen LogP contribution in [0.1, 0.15) is 5.01 Å². The predicted molar refractivity (Wildman–Crippen MR) is 76.1 cm³/mol. The molecule has 3 nitrogen and oxygen atoms in total. The van der Waals surface area contributed by atoms with E-state index in [9.17, 15) is 0 Å². The minimum Gasteiger partial charge on any atom is -0.384 e. The summed E-state index contributed by atoms with van der Waals surface area (Å²) in [5.41, 5.74) is 2.16. The Morgan fingerprint density at radius 2 is 2.00 bits per heavy atom. The number of nitrogens with zero attached hydrogens (tertiary/aromatic N) is 2. The van der Waals surface area contributed by atoms with Crippen LogP contribution in [-0.2, 0) is 6.42 Å². The molecule has 0 aliphatic rings. The van der Waals surface area contributed by atoms with E-state index in [-0.39, 0.29) is 0 Å². The molecule has 0 amide bonds. The van der Waals surface area contributed by atoms with Crippen molar-refractivity contribution in [3.63, 3.8) is 0 Å². The zero-order valence-corrected chi connectivity index (χ0v) is 10.7. The zero-order valence-electron chi connectivity index (χ0n) is 9.84. The molecule has 0 atom stereocenters. The molecule has 2 aromatic heterocycles. The first-order valence-electron chi connectivity index (χ1n) is 5.89. The van der Waals surface area contributed by atoms with Gasteiger partial charge in [0.15, 0.2) is 0 Å². The molecule has 4 heteroatoms. The van der Waals surface area contributed by atoms with Crippen LogP contribution in [0.4, 0.5) is 5.69 Å². The van der Waals surface area contributed by atoms with Gasteiger partial charge in [-0.15, -0.1) is 11.3 Å². The Labute approximate surface area is 110 Å². The van der Waals surface area contributed by atoms with Gasteiger partial charge in [0.2, 0.25) is 0 Å². The monoisotopic (exact) mass is 255 g/mol. The first-order valence-corrected chi connectivity index (χ1v) is 6.77. The standard InChI is InChI=1S/C14H13N3S/c1-2-4-12-11(3-1)13(5-7-15-12)16-8-6-14-17-9-10-18-14/h1-5,7,9-10H,6,8H2,(H,15,16). The summed E-state index contributed by atoms with van der Waals surface area (Å²) >= 11 is 1.70. The van der Waals surface area contributed by atoms with E-state index in [1.165, 1.54) is 10.4 Å². The molecule has 2 heterocycles. The number of thiazole rings is 1. The van der Waals surface area contributed by atoms with Gasteiger partial charge in [0.05, 0.1) is 10.5 Å². The molecular weight excluding hydrogens is 242 g/mol. The second kappa shape index (κ2) is 5.14. The van der Waals surface area contributed by atoms with Gasteiger partial charge in [-0.25, -0.2) is 4.98 Å². The van der Waals surface area contributed by atoms with Gasteiger partial charge in [-0.3, -0.25) is 4.98 Å². The van der Waals surface area contributed by atoms with Crippen LogP contribution >= 0.6 is 11.3 Å². The van der Waals surface area contributed by atoms with Crippen LogP contribution in [0, 0.1) is 0 Å². The summed E-state index contributed by atoms with van der Waals surface area (Å²) in [4.78, 5) is 8.63. The van der Waals surface area contributed by atoms with E-state index in [2.05, 4.69) is 21.4 Å². The van der Waals surface area contributed by atoms with Crippen molar-refractivity contribution in [2.24, 2.45) is 0 Å². The molecule has 3 rings (SSSR count). The van der Waals surface area contributed by atoms with E-state index >= 15 is 0 Å². The zero-order chi connectivity index (χ0) is 12.2. The summed E-state index contributed by atoms with van der Waals surface area (Å²) in [6, 6.07) is 10.2. The Balaban J connectivity index is 1.74. The molecule has 3 aromatic rings. The molecule has 0 saturated heterocycles. The highest BCUT2D eigenvalue weighted by atomic mass is 32.1. The van der Waals surface area contributed by atoms with Crippen LogP contribution in [0.2, 0.25) is 0 Å². The highest BCUT2D eigenvalue weighted by Gasteiger charge is 2.01. The quantitative estimate of drug-likeness (QED) is 0.777. The lowest BCUT2D eigenvalue weighted by molar-refractivity contribution is 0.999. The fraction of sp³-hybridized carbons (Fsp3) is 0.143. The van der Waals surface area contributed by atoms with Gasteiger partial charge in [0.1, 0.15) is 0 Å². The molecule has 0 unspecified atom stereocenters. The SMILES string of the molecule is c1ccc2c(NCCc3nccs3)ccnc2c1. The van der Waals surface area contributed by atoms with Crippen molar-refractivity contribution in [2.45, 2.75) is 6.42 Å². The smallest absolute Gasteiger partial charge is 0.0942 e. The van der Waals surface area contributed by atoms with E-state index in [0.717, 1.165) is 24.2 Å². The molecule has 0 fully saturated rings. The van der Waals surface area contributed by atoms with Crippen molar-refractivity contribution >= 4 is 27.9 Å². The van der Waals surface area contributed by atoms with Crippen molar-refractivity contribution in [3.05, 3.63) is 53.1 Å². The van der Waals surface area contributed by atoms with Crippen molar-refractivity contribution in [2.75, 3.05) is 11.9 Å².